The number of aromatic nitrogens is 4. The summed E-state index contributed by atoms with van der Waals surface area (Å²) in [7, 11) is 0. The molecule has 1 N–H and O–H groups in total. The van der Waals surface area contributed by atoms with Gasteiger partial charge in [-0.1, -0.05) is 24.3 Å². The highest BCUT2D eigenvalue weighted by atomic mass is 16.5. The van der Waals surface area contributed by atoms with E-state index in [0.717, 1.165) is 87.0 Å². The Morgan fingerprint density at radius 2 is 1.14 bits per heavy atom. The predicted molar refractivity (Wildman–Crippen MR) is 208 cm³/mol. The molecule has 56 heavy (non-hydrogen) atoms. The number of amides is 3. The maximum Gasteiger partial charge on any atom is 0.325 e. The number of carbonyl (C=O) groups excluding carboxylic acids is 3. The average molecular weight is 772 g/mol. The molecule has 4 atom stereocenters. The van der Waals surface area contributed by atoms with Gasteiger partial charge in [0.05, 0.1) is 24.4 Å². The summed E-state index contributed by atoms with van der Waals surface area (Å²) in [5.41, 5.74) is 7.66. The van der Waals surface area contributed by atoms with Crippen LogP contribution in [-0.2, 0) is 57.8 Å². The second kappa shape index (κ2) is 16.9. The van der Waals surface area contributed by atoms with Gasteiger partial charge in [0.15, 0.2) is 11.4 Å². The van der Waals surface area contributed by atoms with Crippen molar-refractivity contribution in [3.63, 3.8) is 0 Å². The summed E-state index contributed by atoms with van der Waals surface area (Å²) in [4.78, 5) is 55.9. The van der Waals surface area contributed by atoms with Gasteiger partial charge in [-0.25, -0.2) is 0 Å². The van der Waals surface area contributed by atoms with Crippen molar-refractivity contribution in [3.8, 4) is 0 Å². The predicted octanol–water partition coefficient (Wildman–Crippen LogP) is 4.04. The van der Waals surface area contributed by atoms with Gasteiger partial charge in [0.1, 0.15) is 13.1 Å². The third-order valence-electron chi connectivity index (χ3n) is 11.9. The molecular weight excluding hydrogens is 715 g/mol. The van der Waals surface area contributed by atoms with Crippen molar-refractivity contribution in [1.29, 1.82) is 0 Å². The van der Waals surface area contributed by atoms with Gasteiger partial charge >= 0.3 is 5.97 Å². The van der Waals surface area contributed by atoms with Crippen LogP contribution in [0, 0.1) is 6.92 Å². The number of aryl methyl sites for hydroxylation is 1. The van der Waals surface area contributed by atoms with E-state index in [1.54, 1.807) is 4.90 Å². The lowest BCUT2D eigenvalue weighted by Gasteiger charge is -2.35. The Hall–Kier alpha value is -4.56. The molecule has 302 valence electrons. The fraction of sp³-hybridized carbons (Fsp3) is 0.619. The molecule has 0 bridgehead atoms. The van der Waals surface area contributed by atoms with Crippen LogP contribution in [0.15, 0.2) is 24.3 Å². The van der Waals surface area contributed by atoms with Crippen molar-refractivity contribution in [2.75, 3.05) is 39.3 Å². The highest BCUT2D eigenvalue weighted by Gasteiger charge is 2.35. The van der Waals surface area contributed by atoms with Gasteiger partial charge < -0.3 is 29.3 Å². The van der Waals surface area contributed by atoms with Crippen LogP contribution >= 0.6 is 0 Å². The standard InChI is InChI=1S/C27H36N4O3.C15H21N3O4/c1-18-7-4-5-8-22(18)21-11-13-29(14-12-21)25(32)17-31-24-10-6-9-23(24)26(28-31)27(33)30-15-19(2)34-20(3)16-30;1-9-6-17(7-10(2)22-9)15(21)14-11-4-3-5-12(11)18(16-14)8-13(19)20/h4-5,7-8,19-21H,6,9-17H2,1-3H3;9-10H,3-8H2,1-2H3,(H,19,20)/t19-,20+;9-,10+. The van der Waals surface area contributed by atoms with Crippen molar-refractivity contribution < 1.29 is 33.8 Å². The molecule has 2 aromatic heterocycles. The van der Waals surface area contributed by atoms with Crippen LogP contribution in [-0.4, -0.2) is 127 Å². The van der Waals surface area contributed by atoms with E-state index in [-0.39, 0.29) is 55.2 Å². The minimum atomic E-state index is -0.940. The Morgan fingerprint density at radius 3 is 1.61 bits per heavy atom. The number of morpholine rings is 2. The van der Waals surface area contributed by atoms with Gasteiger partial charge in [0.2, 0.25) is 5.91 Å². The van der Waals surface area contributed by atoms with Crippen LogP contribution in [0.25, 0.3) is 0 Å². The maximum atomic E-state index is 13.3. The molecule has 0 saturated carbocycles. The molecule has 14 nitrogen and oxygen atoms in total. The zero-order valence-corrected chi connectivity index (χ0v) is 33.5. The molecule has 14 heteroatoms. The monoisotopic (exact) mass is 771 g/mol. The van der Waals surface area contributed by atoms with E-state index in [0.29, 0.717) is 43.5 Å². The van der Waals surface area contributed by atoms with Gasteiger partial charge in [0.25, 0.3) is 11.8 Å². The maximum absolute atomic E-state index is 13.3. The SMILES string of the molecule is C[C@@H]1CN(C(=O)c2nn(CC(=O)O)c3c2CCC3)C[C@H](C)O1.Cc1ccccc1C1CCN(C(=O)Cn2nc(C(=O)N3C[C@@H](C)O[C@@H](C)C3)c3c2CCC3)CC1. The van der Waals surface area contributed by atoms with Crippen molar-refractivity contribution in [2.45, 2.75) is 129 Å². The van der Waals surface area contributed by atoms with Crippen LogP contribution in [0.2, 0.25) is 0 Å². The number of benzene rings is 1. The minimum absolute atomic E-state index is 0.00172. The summed E-state index contributed by atoms with van der Waals surface area (Å²) in [6, 6.07) is 8.58. The van der Waals surface area contributed by atoms with Crippen LogP contribution in [0.5, 0.6) is 0 Å². The Labute approximate surface area is 329 Å². The van der Waals surface area contributed by atoms with E-state index < -0.39 is 5.97 Å². The molecular formula is C42H57N7O7. The van der Waals surface area contributed by atoms with Crippen molar-refractivity contribution >= 4 is 23.7 Å². The fourth-order valence-electron chi connectivity index (χ4n) is 9.45. The van der Waals surface area contributed by atoms with E-state index in [1.807, 2.05) is 42.2 Å². The number of hydrogen-bond donors (Lipinski definition) is 1. The van der Waals surface area contributed by atoms with Crippen LogP contribution in [0.4, 0.5) is 0 Å². The van der Waals surface area contributed by atoms with E-state index in [9.17, 15) is 19.2 Å². The molecule has 3 fully saturated rings. The Balaban J connectivity index is 0.000000189. The zero-order chi connectivity index (χ0) is 39.7. The number of aliphatic carboxylic acids is 1. The highest BCUT2D eigenvalue weighted by molar-refractivity contribution is 5.95. The van der Waals surface area contributed by atoms with Crippen LogP contribution < -0.4 is 0 Å². The Morgan fingerprint density at radius 1 is 0.679 bits per heavy atom. The Bertz CT molecular complexity index is 1930. The number of carboxylic acids is 1. The molecule has 5 heterocycles. The molecule has 0 unspecified atom stereocenters. The molecule has 5 aliphatic rings. The van der Waals surface area contributed by atoms with Crippen LogP contribution in [0.1, 0.15) is 114 Å². The largest absolute Gasteiger partial charge is 0.480 e. The second-order valence-corrected chi connectivity index (χ2v) is 16.4. The lowest BCUT2D eigenvalue weighted by molar-refractivity contribution is -0.138. The van der Waals surface area contributed by atoms with Crippen molar-refractivity contribution in [2.24, 2.45) is 0 Å². The minimum Gasteiger partial charge on any atom is -0.480 e. The molecule has 3 saturated heterocycles. The third-order valence-corrected chi connectivity index (χ3v) is 11.9. The molecule has 8 rings (SSSR count). The number of likely N-dealkylation sites (tertiary alicyclic amines) is 1. The molecule has 3 aliphatic heterocycles. The second-order valence-electron chi connectivity index (χ2n) is 16.4. The van der Waals surface area contributed by atoms with Gasteiger partial charge in [-0.05, 0) is 103 Å². The topological polar surface area (TPSA) is 152 Å². The van der Waals surface area contributed by atoms with Gasteiger partial charge in [-0.2, -0.15) is 10.2 Å². The molecule has 3 aromatic rings. The van der Waals surface area contributed by atoms with E-state index in [4.69, 9.17) is 19.7 Å². The van der Waals surface area contributed by atoms with Crippen molar-refractivity contribution in [1.82, 2.24) is 34.3 Å². The lowest BCUT2D eigenvalue weighted by atomic mass is 9.87. The van der Waals surface area contributed by atoms with Gasteiger partial charge in [0, 0.05) is 61.8 Å². The average Bonchev–Trinajstić information content (AvgIpc) is 3.96. The van der Waals surface area contributed by atoms with E-state index in [2.05, 4.69) is 36.3 Å². The molecule has 3 amide bonds. The normalized spacial score (nSPS) is 23.7. The number of rotatable bonds is 7. The molecule has 0 radical (unpaired) electrons. The summed E-state index contributed by atoms with van der Waals surface area (Å²) in [5.74, 6) is -0.450. The summed E-state index contributed by atoms with van der Waals surface area (Å²) in [6.45, 7) is 13.9. The molecule has 2 aliphatic carbocycles. The summed E-state index contributed by atoms with van der Waals surface area (Å²) in [6.07, 6.45) is 7.32. The smallest absolute Gasteiger partial charge is 0.325 e. The number of carboxylic acid groups (broad SMARTS) is 1. The molecule has 1 aromatic carbocycles. The molecule has 0 spiro atoms. The number of ether oxygens (including phenoxy) is 2. The lowest BCUT2D eigenvalue weighted by Crippen LogP contribution is -2.48. The first-order chi connectivity index (χ1) is 26.9. The van der Waals surface area contributed by atoms with E-state index >= 15 is 0 Å². The first kappa shape index (κ1) is 39.7. The first-order valence-electron chi connectivity index (χ1n) is 20.5. The quantitative estimate of drug-likeness (QED) is 0.375. The van der Waals surface area contributed by atoms with Gasteiger partial charge in [-0.15, -0.1) is 0 Å². The first-order valence-corrected chi connectivity index (χ1v) is 20.5. The van der Waals surface area contributed by atoms with Crippen LogP contribution in [0.3, 0.4) is 0 Å². The van der Waals surface area contributed by atoms with Gasteiger partial charge in [-0.3, -0.25) is 28.5 Å². The number of fused-ring (bicyclic) bond motifs is 2. The number of piperidine rings is 1. The summed E-state index contributed by atoms with van der Waals surface area (Å²) < 4.78 is 14.7. The zero-order valence-electron chi connectivity index (χ0n) is 33.5. The van der Waals surface area contributed by atoms with E-state index in [1.165, 1.54) is 15.8 Å². The number of hydrogen-bond acceptors (Lipinski definition) is 8. The number of carbonyl (C=O) groups is 4. The fourth-order valence-corrected chi connectivity index (χ4v) is 9.45. The Kier molecular flexibility index (Phi) is 12.0. The third kappa shape index (κ3) is 8.56. The number of nitrogens with zero attached hydrogens (tertiary/aromatic N) is 7. The highest BCUT2D eigenvalue weighted by Crippen LogP contribution is 2.32. The van der Waals surface area contributed by atoms with Crippen molar-refractivity contribution in [3.05, 3.63) is 69.3 Å². The summed E-state index contributed by atoms with van der Waals surface area (Å²) >= 11 is 0. The summed E-state index contributed by atoms with van der Waals surface area (Å²) in [5, 5.41) is 18.0.